The van der Waals surface area contributed by atoms with Gasteiger partial charge in [-0.15, -0.1) is 0 Å². The number of carbonyl (C=O) groups excluding carboxylic acids is 1. The first-order valence-corrected chi connectivity index (χ1v) is 8.92. The van der Waals surface area contributed by atoms with Crippen LogP contribution in [0.2, 0.25) is 5.02 Å². The van der Waals surface area contributed by atoms with Crippen molar-refractivity contribution in [2.24, 2.45) is 0 Å². The highest BCUT2D eigenvalue weighted by Gasteiger charge is 2.11. The molecule has 1 heterocycles. The molecule has 0 radical (unpaired) electrons. The SMILES string of the molecule is CC(=O)CCCOc1cc2ncnc(Oc3ccc(N)c(Cl)c3)c2cc1C. The average molecular weight is 386 g/mol. The van der Waals surface area contributed by atoms with Gasteiger partial charge in [0.25, 0.3) is 0 Å². The Balaban J connectivity index is 1.84. The number of hydrogen-bond donors (Lipinski definition) is 1. The summed E-state index contributed by atoms with van der Waals surface area (Å²) in [5.41, 5.74) is 7.85. The highest BCUT2D eigenvalue weighted by molar-refractivity contribution is 6.33. The summed E-state index contributed by atoms with van der Waals surface area (Å²) in [5, 5.41) is 1.18. The van der Waals surface area contributed by atoms with E-state index >= 15 is 0 Å². The number of nitrogens with two attached hydrogens (primary N) is 1. The largest absolute Gasteiger partial charge is 0.493 e. The Bertz CT molecular complexity index is 992. The normalized spacial score (nSPS) is 10.8. The van der Waals surface area contributed by atoms with Crippen LogP contribution >= 0.6 is 11.6 Å². The Kier molecular flexibility index (Phi) is 5.76. The smallest absolute Gasteiger partial charge is 0.230 e. The van der Waals surface area contributed by atoms with E-state index in [2.05, 4.69) is 9.97 Å². The summed E-state index contributed by atoms with van der Waals surface area (Å²) in [6, 6.07) is 8.82. The molecule has 0 fully saturated rings. The van der Waals surface area contributed by atoms with Gasteiger partial charge in [-0.05, 0) is 44.0 Å². The lowest BCUT2D eigenvalue weighted by atomic mass is 10.1. The van der Waals surface area contributed by atoms with Crippen molar-refractivity contribution in [3.05, 3.63) is 47.2 Å². The number of hydrogen-bond acceptors (Lipinski definition) is 6. The molecule has 6 nitrogen and oxygen atoms in total. The van der Waals surface area contributed by atoms with E-state index in [1.165, 1.54) is 6.33 Å². The summed E-state index contributed by atoms with van der Waals surface area (Å²) in [7, 11) is 0. The number of halogens is 1. The molecule has 0 saturated carbocycles. The van der Waals surface area contributed by atoms with Crippen LogP contribution in [0.1, 0.15) is 25.3 Å². The van der Waals surface area contributed by atoms with Crippen molar-refractivity contribution in [3.63, 3.8) is 0 Å². The van der Waals surface area contributed by atoms with Crippen molar-refractivity contribution in [3.8, 4) is 17.4 Å². The van der Waals surface area contributed by atoms with Crippen LogP contribution in [0.25, 0.3) is 10.9 Å². The minimum absolute atomic E-state index is 0.158. The van der Waals surface area contributed by atoms with Crippen molar-refractivity contribution in [2.75, 3.05) is 12.3 Å². The molecule has 2 N–H and O–H groups in total. The average Bonchev–Trinajstić information content (AvgIpc) is 2.62. The van der Waals surface area contributed by atoms with E-state index in [1.54, 1.807) is 25.1 Å². The van der Waals surface area contributed by atoms with Crippen LogP contribution in [0, 0.1) is 6.92 Å². The summed E-state index contributed by atoms with van der Waals surface area (Å²) < 4.78 is 11.7. The van der Waals surface area contributed by atoms with Gasteiger partial charge in [0.2, 0.25) is 5.88 Å². The van der Waals surface area contributed by atoms with Gasteiger partial charge in [0.15, 0.2) is 0 Å². The van der Waals surface area contributed by atoms with Crippen LogP contribution in [-0.2, 0) is 4.79 Å². The van der Waals surface area contributed by atoms with Gasteiger partial charge in [-0.1, -0.05) is 11.6 Å². The third kappa shape index (κ3) is 4.65. The Morgan fingerprint density at radius 2 is 2.04 bits per heavy atom. The monoisotopic (exact) mass is 385 g/mol. The maximum atomic E-state index is 11.0. The molecule has 0 aliphatic carbocycles. The lowest BCUT2D eigenvalue weighted by Gasteiger charge is -2.12. The molecule has 1 aromatic heterocycles. The number of ketones is 1. The van der Waals surface area contributed by atoms with Crippen LogP contribution < -0.4 is 15.2 Å². The fraction of sp³-hybridized carbons (Fsp3) is 0.250. The number of nitrogens with zero attached hydrogens (tertiary/aromatic N) is 2. The molecule has 0 atom stereocenters. The highest BCUT2D eigenvalue weighted by atomic mass is 35.5. The molecule has 3 rings (SSSR count). The van der Waals surface area contributed by atoms with Gasteiger partial charge in [0.1, 0.15) is 23.6 Å². The second-order valence-electron chi connectivity index (χ2n) is 6.25. The van der Waals surface area contributed by atoms with E-state index in [0.29, 0.717) is 47.3 Å². The molecule has 0 aliphatic rings. The van der Waals surface area contributed by atoms with Crippen LogP contribution in [0.4, 0.5) is 5.69 Å². The third-order valence-electron chi connectivity index (χ3n) is 4.01. The zero-order chi connectivity index (χ0) is 19.4. The molecule has 7 heteroatoms. The molecule has 140 valence electrons. The summed E-state index contributed by atoms with van der Waals surface area (Å²) in [5.74, 6) is 1.85. The Morgan fingerprint density at radius 3 is 2.78 bits per heavy atom. The molecule has 0 saturated heterocycles. The number of fused-ring (bicyclic) bond motifs is 1. The first-order chi connectivity index (χ1) is 12.9. The van der Waals surface area contributed by atoms with Gasteiger partial charge < -0.3 is 20.0 Å². The Labute approximate surface area is 162 Å². The van der Waals surface area contributed by atoms with E-state index in [9.17, 15) is 4.79 Å². The van der Waals surface area contributed by atoms with Gasteiger partial charge in [-0.2, -0.15) is 0 Å². The Morgan fingerprint density at radius 1 is 1.22 bits per heavy atom. The highest BCUT2D eigenvalue weighted by Crippen LogP contribution is 2.33. The number of aryl methyl sites for hydroxylation is 1. The third-order valence-corrected chi connectivity index (χ3v) is 4.34. The summed E-state index contributed by atoms with van der Waals surface area (Å²) in [6.07, 6.45) is 2.63. The molecular formula is C20H20ClN3O3. The lowest BCUT2D eigenvalue weighted by molar-refractivity contribution is -0.117. The standard InChI is InChI=1S/C20H20ClN3O3/c1-12-8-15-18(10-19(12)26-7-3-4-13(2)25)23-11-24-20(15)27-14-5-6-17(22)16(21)9-14/h5-6,8-11H,3-4,7,22H2,1-2H3. The molecule has 0 unspecified atom stereocenters. The minimum Gasteiger partial charge on any atom is -0.493 e. The van der Waals surface area contributed by atoms with Gasteiger partial charge in [0, 0.05) is 18.6 Å². The second-order valence-corrected chi connectivity index (χ2v) is 6.66. The summed E-state index contributed by atoms with van der Waals surface area (Å²) >= 11 is 6.05. The van der Waals surface area contributed by atoms with Crippen molar-refractivity contribution in [1.82, 2.24) is 9.97 Å². The van der Waals surface area contributed by atoms with Crippen molar-refractivity contribution in [1.29, 1.82) is 0 Å². The van der Waals surface area contributed by atoms with Crippen LogP contribution in [0.15, 0.2) is 36.7 Å². The van der Waals surface area contributed by atoms with Crippen molar-refractivity contribution >= 4 is 34.0 Å². The first-order valence-electron chi connectivity index (χ1n) is 8.54. The fourth-order valence-electron chi connectivity index (χ4n) is 2.59. The van der Waals surface area contributed by atoms with Crippen molar-refractivity contribution < 1.29 is 14.3 Å². The molecule has 2 aromatic carbocycles. The second kappa shape index (κ2) is 8.22. The number of Topliss-reactive ketones (excluding diaryl/α,β-unsaturated/α-hetero) is 1. The number of nitrogen functional groups attached to an aromatic ring is 1. The predicted molar refractivity (Wildman–Crippen MR) is 106 cm³/mol. The van der Waals surface area contributed by atoms with Gasteiger partial charge in [-0.3, -0.25) is 0 Å². The predicted octanol–water partition coefficient (Wildman–Crippen LogP) is 4.71. The van der Waals surface area contributed by atoms with Gasteiger partial charge in [-0.25, -0.2) is 9.97 Å². The van der Waals surface area contributed by atoms with Gasteiger partial charge >= 0.3 is 0 Å². The van der Waals surface area contributed by atoms with Gasteiger partial charge in [0.05, 0.1) is 28.2 Å². The molecule has 0 bridgehead atoms. The molecule has 3 aromatic rings. The molecule has 0 aliphatic heterocycles. The van der Waals surface area contributed by atoms with E-state index in [1.807, 2.05) is 19.1 Å². The maximum absolute atomic E-state index is 11.0. The zero-order valence-corrected chi connectivity index (χ0v) is 15.9. The number of rotatable bonds is 7. The van der Waals surface area contributed by atoms with E-state index in [-0.39, 0.29) is 5.78 Å². The number of benzene rings is 2. The van der Waals surface area contributed by atoms with E-state index < -0.39 is 0 Å². The minimum atomic E-state index is 0.158. The number of ether oxygens (including phenoxy) is 2. The summed E-state index contributed by atoms with van der Waals surface area (Å²) in [4.78, 5) is 19.6. The quantitative estimate of drug-likeness (QED) is 0.468. The molecule has 27 heavy (non-hydrogen) atoms. The number of aromatic nitrogens is 2. The maximum Gasteiger partial charge on any atom is 0.230 e. The molecular weight excluding hydrogens is 366 g/mol. The topological polar surface area (TPSA) is 87.3 Å². The van der Waals surface area contributed by atoms with Crippen LogP contribution in [0.3, 0.4) is 0 Å². The number of anilines is 1. The molecule has 0 amide bonds. The van der Waals surface area contributed by atoms with E-state index in [0.717, 1.165) is 16.7 Å². The first kappa shape index (κ1) is 18.9. The Hall–Kier alpha value is -2.86. The molecule has 0 spiro atoms. The van der Waals surface area contributed by atoms with Crippen LogP contribution in [-0.4, -0.2) is 22.4 Å². The summed E-state index contributed by atoms with van der Waals surface area (Å²) in [6.45, 7) is 3.99. The zero-order valence-electron chi connectivity index (χ0n) is 15.2. The van der Waals surface area contributed by atoms with Crippen LogP contribution in [0.5, 0.6) is 17.4 Å². The fourth-order valence-corrected chi connectivity index (χ4v) is 2.76. The van der Waals surface area contributed by atoms with Crippen molar-refractivity contribution in [2.45, 2.75) is 26.7 Å². The number of carbonyl (C=O) groups is 1. The van der Waals surface area contributed by atoms with E-state index in [4.69, 9.17) is 26.8 Å². The lowest BCUT2D eigenvalue weighted by Crippen LogP contribution is -2.02.